The number of hydrogen-bond acceptors (Lipinski definition) is 1. The molecule has 0 heterocycles. The van der Waals surface area contributed by atoms with Gasteiger partial charge in [-0.05, 0) is 37.0 Å². The largest absolute Gasteiger partial charge is 0.298 e. The van der Waals surface area contributed by atoms with Crippen LogP contribution in [0.2, 0.25) is 5.02 Å². The van der Waals surface area contributed by atoms with E-state index < -0.39 is 0 Å². The number of Topliss-reactive ketones (excluding diaryl/α,β-unsaturated/α-hetero) is 1. The van der Waals surface area contributed by atoms with Gasteiger partial charge >= 0.3 is 0 Å². The van der Waals surface area contributed by atoms with Crippen LogP contribution in [0.5, 0.6) is 0 Å². The van der Waals surface area contributed by atoms with Gasteiger partial charge in [0.25, 0.3) is 0 Å². The quantitative estimate of drug-likeness (QED) is 0.766. The maximum atomic E-state index is 12.4. The van der Waals surface area contributed by atoms with Crippen LogP contribution in [0, 0.1) is 10.8 Å². The summed E-state index contributed by atoms with van der Waals surface area (Å²) >= 11 is 5.87. The monoisotopic (exact) mass is 250 g/mol. The lowest BCUT2D eigenvalue weighted by Crippen LogP contribution is -2.31. The van der Waals surface area contributed by atoms with Crippen molar-refractivity contribution >= 4 is 17.4 Å². The Morgan fingerprint density at radius 1 is 1.12 bits per heavy atom. The van der Waals surface area contributed by atoms with E-state index in [0.29, 0.717) is 5.78 Å². The summed E-state index contributed by atoms with van der Waals surface area (Å²) in [6, 6.07) is 7.83. The van der Waals surface area contributed by atoms with E-state index in [4.69, 9.17) is 11.6 Å². The van der Waals surface area contributed by atoms with Crippen molar-refractivity contribution in [3.63, 3.8) is 0 Å². The van der Waals surface area contributed by atoms with E-state index >= 15 is 0 Å². The topological polar surface area (TPSA) is 17.1 Å². The van der Waals surface area contributed by atoms with Crippen LogP contribution < -0.4 is 0 Å². The zero-order valence-electron chi connectivity index (χ0n) is 10.7. The number of carbonyl (C=O) groups is 1. The summed E-state index contributed by atoms with van der Waals surface area (Å²) in [4.78, 5) is 12.4. The molecule has 1 fully saturated rings. The Hall–Kier alpha value is -0.820. The van der Waals surface area contributed by atoms with Crippen molar-refractivity contribution in [2.24, 2.45) is 10.8 Å². The first-order chi connectivity index (χ1) is 7.83. The highest BCUT2D eigenvalue weighted by Crippen LogP contribution is 2.47. The number of rotatable bonds is 2. The molecule has 1 aliphatic carbocycles. The lowest BCUT2D eigenvalue weighted by molar-refractivity contribution is -0.131. The van der Waals surface area contributed by atoms with Gasteiger partial charge in [-0.2, -0.15) is 0 Å². The lowest BCUT2D eigenvalue weighted by Gasteiger charge is -2.25. The van der Waals surface area contributed by atoms with Crippen LogP contribution in [0.1, 0.15) is 39.2 Å². The van der Waals surface area contributed by atoms with Crippen molar-refractivity contribution in [2.45, 2.75) is 40.0 Å². The average molecular weight is 251 g/mol. The van der Waals surface area contributed by atoms with Gasteiger partial charge in [0.15, 0.2) is 0 Å². The molecule has 1 unspecified atom stereocenters. The molecule has 1 aromatic carbocycles. The minimum Gasteiger partial charge on any atom is -0.298 e. The van der Waals surface area contributed by atoms with E-state index in [9.17, 15) is 4.79 Å². The fourth-order valence-corrected chi connectivity index (χ4v) is 2.98. The molecule has 0 bridgehead atoms. The predicted molar refractivity (Wildman–Crippen MR) is 71.3 cm³/mol. The van der Waals surface area contributed by atoms with E-state index in [0.717, 1.165) is 24.3 Å². The van der Waals surface area contributed by atoms with Gasteiger partial charge in [0.2, 0.25) is 0 Å². The Labute approximate surface area is 108 Å². The smallest absolute Gasteiger partial charge is 0.144 e. The van der Waals surface area contributed by atoms with Gasteiger partial charge in [-0.25, -0.2) is 0 Å². The first-order valence-electron chi connectivity index (χ1n) is 6.13. The fraction of sp³-hybridized carbons (Fsp3) is 0.533. The summed E-state index contributed by atoms with van der Waals surface area (Å²) in [7, 11) is 0. The predicted octanol–water partition coefficient (Wildman–Crippen LogP) is 4.28. The van der Waals surface area contributed by atoms with E-state index in [1.807, 2.05) is 24.3 Å². The molecule has 0 radical (unpaired) electrons. The van der Waals surface area contributed by atoms with Gasteiger partial charge in [0.05, 0.1) is 0 Å². The van der Waals surface area contributed by atoms with Crippen molar-refractivity contribution in [1.82, 2.24) is 0 Å². The zero-order valence-corrected chi connectivity index (χ0v) is 11.5. The Kier molecular flexibility index (Phi) is 3.07. The van der Waals surface area contributed by atoms with Crippen molar-refractivity contribution in [3.05, 3.63) is 34.9 Å². The summed E-state index contributed by atoms with van der Waals surface area (Å²) in [5.74, 6) is 0.403. The molecule has 0 aromatic heterocycles. The minimum absolute atomic E-state index is 0.152. The third-order valence-corrected chi connectivity index (χ3v) is 4.22. The van der Waals surface area contributed by atoms with Crippen LogP contribution in [0.25, 0.3) is 0 Å². The van der Waals surface area contributed by atoms with E-state index in [-0.39, 0.29) is 10.8 Å². The zero-order chi connectivity index (χ0) is 12.7. The van der Waals surface area contributed by atoms with Gasteiger partial charge in [0.1, 0.15) is 5.78 Å². The fourth-order valence-electron chi connectivity index (χ4n) is 2.85. The van der Waals surface area contributed by atoms with Crippen molar-refractivity contribution < 1.29 is 4.79 Å². The normalized spacial score (nSPS) is 27.4. The van der Waals surface area contributed by atoms with Gasteiger partial charge in [-0.15, -0.1) is 0 Å². The van der Waals surface area contributed by atoms with E-state index in [2.05, 4.69) is 20.8 Å². The van der Waals surface area contributed by atoms with Gasteiger partial charge in [0, 0.05) is 15.9 Å². The summed E-state index contributed by atoms with van der Waals surface area (Å²) < 4.78 is 0. The lowest BCUT2D eigenvalue weighted by atomic mass is 9.77. The standard InChI is InChI=1S/C15H19ClO/c1-14(2)8-9-15(3,13(14)17)10-11-4-6-12(16)7-5-11/h4-7H,8-10H2,1-3H3. The molecular weight excluding hydrogens is 232 g/mol. The maximum absolute atomic E-state index is 12.4. The second-order valence-corrected chi connectivity index (χ2v) is 6.51. The first-order valence-corrected chi connectivity index (χ1v) is 6.51. The molecule has 0 N–H and O–H groups in total. The minimum atomic E-state index is -0.197. The molecule has 2 rings (SSSR count). The molecule has 0 amide bonds. The summed E-state index contributed by atoms with van der Waals surface area (Å²) in [6.07, 6.45) is 2.81. The second-order valence-electron chi connectivity index (χ2n) is 6.08. The molecule has 0 aliphatic heterocycles. The van der Waals surface area contributed by atoms with Crippen molar-refractivity contribution in [1.29, 1.82) is 0 Å². The summed E-state index contributed by atoms with van der Waals surface area (Å²) in [5, 5.41) is 0.747. The highest BCUT2D eigenvalue weighted by Gasteiger charge is 2.48. The molecule has 2 heteroatoms. The average Bonchev–Trinajstić information content (AvgIpc) is 2.47. The second kappa shape index (κ2) is 4.13. The third kappa shape index (κ3) is 2.40. The van der Waals surface area contributed by atoms with E-state index in [1.54, 1.807) is 0 Å². The van der Waals surface area contributed by atoms with Crippen LogP contribution in [0.3, 0.4) is 0 Å². The molecule has 1 aromatic rings. The van der Waals surface area contributed by atoms with Crippen LogP contribution in [-0.4, -0.2) is 5.78 Å². The molecule has 92 valence electrons. The highest BCUT2D eigenvalue weighted by atomic mass is 35.5. The first kappa shape index (κ1) is 12.6. The number of benzene rings is 1. The molecule has 0 saturated heterocycles. The Morgan fingerprint density at radius 2 is 1.71 bits per heavy atom. The van der Waals surface area contributed by atoms with Gasteiger partial charge in [-0.1, -0.05) is 44.5 Å². The highest BCUT2D eigenvalue weighted by molar-refractivity contribution is 6.30. The molecule has 0 spiro atoms. The number of hydrogen-bond donors (Lipinski definition) is 0. The summed E-state index contributed by atoms with van der Waals surface area (Å²) in [5.41, 5.74) is 0.848. The van der Waals surface area contributed by atoms with Crippen molar-refractivity contribution in [3.8, 4) is 0 Å². The van der Waals surface area contributed by atoms with Crippen LogP contribution in [0.15, 0.2) is 24.3 Å². The number of carbonyl (C=O) groups excluding carboxylic acids is 1. The van der Waals surface area contributed by atoms with Crippen LogP contribution in [0.4, 0.5) is 0 Å². The summed E-state index contributed by atoms with van der Waals surface area (Å²) in [6.45, 7) is 6.21. The Morgan fingerprint density at radius 3 is 2.18 bits per heavy atom. The van der Waals surface area contributed by atoms with Crippen molar-refractivity contribution in [2.75, 3.05) is 0 Å². The molecule has 1 saturated carbocycles. The maximum Gasteiger partial charge on any atom is 0.144 e. The SMILES string of the molecule is CC1(C)CCC(C)(Cc2ccc(Cl)cc2)C1=O. The Balaban J connectivity index is 2.19. The number of ketones is 1. The molecule has 1 aliphatic rings. The van der Waals surface area contributed by atoms with Gasteiger partial charge < -0.3 is 0 Å². The van der Waals surface area contributed by atoms with Crippen LogP contribution in [-0.2, 0) is 11.2 Å². The Bertz CT molecular complexity index is 433. The molecule has 1 nitrogen and oxygen atoms in total. The van der Waals surface area contributed by atoms with E-state index in [1.165, 1.54) is 5.56 Å². The van der Waals surface area contributed by atoms with Crippen LogP contribution >= 0.6 is 11.6 Å². The molecule has 1 atom stereocenters. The van der Waals surface area contributed by atoms with Gasteiger partial charge in [-0.3, -0.25) is 4.79 Å². The molecule has 17 heavy (non-hydrogen) atoms. The molecular formula is C15H19ClO. The third-order valence-electron chi connectivity index (χ3n) is 3.97. The number of halogens is 1.